The summed E-state index contributed by atoms with van der Waals surface area (Å²) in [5.41, 5.74) is 2.23. The van der Waals surface area contributed by atoms with E-state index in [0.29, 0.717) is 23.6 Å². The first-order valence-corrected chi connectivity index (χ1v) is 10.7. The molecule has 3 rings (SSSR count). The zero-order valence-electron chi connectivity index (χ0n) is 19.3. The molecular weight excluding hydrogens is 447 g/mol. The lowest BCUT2D eigenvalue weighted by molar-refractivity contribution is -0.137. The van der Waals surface area contributed by atoms with Gasteiger partial charge in [0, 0.05) is 25.6 Å². The number of alkyl halides is 3. The van der Waals surface area contributed by atoms with Gasteiger partial charge in [0.05, 0.1) is 23.7 Å². The van der Waals surface area contributed by atoms with Crippen molar-refractivity contribution in [2.75, 3.05) is 11.4 Å². The first-order chi connectivity index (χ1) is 16.0. The Bertz CT molecular complexity index is 1080. The number of aromatic hydroxyl groups is 1. The number of rotatable bonds is 7. The van der Waals surface area contributed by atoms with Crippen LogP contribution in [0.3, 0.4) is 0 Å². The average Bonchev–Trinajstić information content (AvgIpc) is 2.78. The smallest absolute Gasteiger partial charge is 0.416 e. The summed E-state index contributed by atoms with van der Waals surface area (Å²) in [5, 5.41) is 17.2. The SMILES string of the molecule is CC(=O)O.CCCCN(Cc1ccc(O)c(C)c1)c1cncc(-c2ccc(C(F)(F)F)cc2)n1. The number of carboxylic acid groups (broad SMARTS) is 1. The fraction of sp³-hybridized carbons (Fsp3) is 0.320. The quantitative estimate of drug-likeness (QED) is 0.431. The second-order valence-corrected chi connectivity index (χ2v) is 7.75. The number of aromatic nitrogens is 2. The number of aliphatic carboxylic acids is 1. The largest absolute Gasteiger partial charge is 0.508 e. The highest BCUT2D eigenvalue weighted by molar-refractivity contribution is 5.63. The first kappa shape index (κ1) is 26.6. The number of benzene rings is 2. The molecule has 0 spiro atoms. The topological polar surface area (TPSA) is 86.5 Å². The monoisotopic (exact) mass is 475 g/mol. The zero-order valence-corrected chi connectivity index (χ0v) is 19.3. The van der Waals surface area contributed by atoms with Crippen molar-refractivity contribution in [2.24, 2.45) is 0 Å². The molecular formula is C25H28F3N3O3. The van der Waals surface area contributed by atoms with Crippen molar-refractivity contribution in [3.63, 3.8) is 0 Å². The fourth-order valence-corrected chi connectivity index (χ4v) is 3.14. The van der Waals surface area contributed by atoms with Gasteiger partial charge in [-0.3, -0.25) is 9.78 Å². The van der Waals surface area contributed by atoms with Crippen molar-refractivity contribution in [3.8, 4) is 17.0 Å². The Kier molecular flexibility index (Phi) is 9.41. The third-order valence-corrected chi connectivity index (χ3v) is 4.87. The molecule has 1 aromatic heterocycles. The number of halogens is 3. The summed E-state index contributed by atoms with van der Waals surface area (Å²) >= 11 is 0. The van der Waals surface area contributed by atoms with Gasteiger partial charge in [-0.05, 0) is 42.7 Å². The van der Waals surface area contributed by atoms with E-state index in [4.69, 9.17) is 9.90 Å². The summed E-state index contributed by atoms with van der Waals surface area (Å²) in [6, 6.07) is 10.4. The van der Waals surface area contributed by atoms with Gasteiger partial charge in [-0.15, -0.1) is 0 Å². The number of phenols is 1. The summed E-state index contributed by atoms with van der Waals surface area (Å²) in [6.45, 7) is 6.39. The average molecular weight is 476 g/mol. The van der Waals surface area contributed by atoms with E-state index in [9.17, 15) is 18.3 Å². The van der Waals surface area contributed by atoms with Crippen molar-refractivity contribution in [3.05, 3.63) is 71.5 Å². The van der Waals surface area contributed by atoms with Crippen LogP contribution >= 0.6 is 0 Å². The molecule has 0 atom stereocenters. The molecule has 0 amide bonds. The predicted octanol–water partition coefficient (Wildman–Crippen LogP) is 6.07. The molecule has 9 heteroatoms. The number of unbranched alkanes of at least 4 members (excludes halogenated alkanes) is 1. The predicted molar refractivity (Wildman–Crippen MR) is 125 cm³/mol. The molecule has 0 saturated heterocycles. The number of anilines is 1. The van der Waals surface area contributed by atoms with E-state index in [0.717, 1.165) is 49.6 Å². The van der Waals surface area contributed by atoms with E-state index >= 15 is 0 Å². The molecule has 0 fully saturated rings. The Morgan fingerprint density at radius 3 is 2.29 bits per heavy atom. The van der Waals surface area contributed by atoms with Crippen LogP contribution in [0, 0.1) is 6.92 Å². The van der Waals surface area contributed by atoms with Crippen LogP contribution < -0.4 is 4.90 Å². The van der Waals surface area contributed by atoms with Crippen LogP contribution in [0.25, 0.3) is 11.3 Å². The molecule has 2 aromatic carbocycles. The second-order valence-electron chi connectivity index (χ2n) is 7.75. The van der Waals surface area contributed by atoms with Gasteiger partial charge < -0.3 is 15.1 Å². The Hall–Kier alpha value is -3.62. The summed E-state index contributed by atoms with van der Waals surface area (Å²) in [6.07, 6.45) is 0.816. The zero-order chi connectivity index (χ0) is 25.3. The number of nitrogens with zero attached hydrogens (tertiary/aromatic N) is 3. The molecule has 0 saturated carbocycles. The molecule has 0 bridgehead atoms. The van der Waals surface area contributed by atoms with E-state index in [1.807, 2.05) is 19.1 Å². The second kappa shape index (κ2) is 12.0. The number of aryl methyl sites for hydroxylation is 1. The van der Waals surface area contributed by atoms with Crippen molar-refractivity contribution in [2.45, 2.75) is 46.3 Å². The normalized spacial score (nSPS) is 10.9. The van der Waals surface area contributed by atoms with Crippen LogP contribution in [0.5, 0.6) is 5.75 Å². The van der Waals surface area contributed by atoms with Crippen molar-refractivity contribution >= 4 is 11.8 Å². The van der Waals surface area contributed by atoms with Gasteiger partial charge in [-0.1, -0.05) is 37.6 Å². The van der Waals surface area contributed by atoms with Crippen LogP contribution in [0.2, 0.25) is 0 Å². The lowest BCUT2D eigenvalue weighted by Gasteiger charge is -2.24. The molecule has 0 aliphatic carbocycles. The molecule has 2 N–H and O–H groups in total. The summed E-state index contributed by atoms with van der Waals surface area (Å²) < 4.78 is 38.5. The summed E-state index contributed by atoms with van der Waals surface area (Å²) in [5.74, 6) is 0.0783. The van der Waals surface area contributed by atoms with Gasteiger partial charge in [0.15, 0.2) is 0 Å². The van der Waals surface area contributed by atoms with Gasteiger partial charge in [-0.2, -0.15) is 13.2 Å². The van der Waals surface area contributed by atoms with Crippen molar-refractivity contribution in [1.82, 2.24) is 9.97 Å². The maximum atomic E-state index is 12.8. The van der Waals surface area contributed by atoms with Crippen molar-refractivity contribution in [1.29, 1.82) is 0 Å². The van der Waals surface area contributed by atoms with Gasteiger partial charge in [0.25, 0.3) is 5.97 Å². The van der Waals surface area contributed by atoms with Gasteiger partial charge in [0.2, 0.25) is 0 Å². The summed E-state index contributed by atoms with van der Waals surface area (Å²) in [7, 11) is 0. The number of carboxylic acids is 1. The number of hydrogen-bond acceptors (Lipinski definition) is 5. The van der Waals surface area contributed by atoms with Crippen LogP contribution in [-0.4, -0.2) is 32.7 Å². The van der Waals surface area contributed by atoms with Gasteiger partial charge >= 0.3 is 6.18 Å². The number of carbonyl (C=O) groups is 1. The maximum absolute atomic E-state index is 12.8. The highest BCUT2D eigenvalue weighted by Gasteiger charge is 2.30. The Balaban J connectivity index is 0.000000945. The minimum atomic E-state index is -4.37. The van der Waals surface area contributed by atoms with Crippen molar-refractivity contribution < 1.29 is 28.2 Å². The van der Waals surface area contributed by atoms with Crippen LogP contribution in [-0.2, 0) is 17.5 Å². The highest BCUT2D eigenvalue weighted by Crippen LogP contribution is 2.31. The number of hydrogen-bond donors (Lipinski definition) is 2. The maximum Gasteiger partial charge on any atom is 0.416 e. The molecule has 1 heterocycles. The first-order valence-electron chi connectivity index (χ1n) is 10.7. The van der Waals surface area contributed by atoms with E-state index in [2.05, 4.69) is 21.8 Å². The molecule has 182 valence electrons. The van der Waals surface area contributed by atoms with Crippen LogP contribution in [0.15, 0.2) is 54.9 Å². The Labute approximate surface area is 196 Å². The molecule has 6 nitrogen and oxygen atoms in total. The lowest BCUT2D eigenvalue weighted by Crippen LogP contribution is -2.25. The standard InChI is InChI=1S/C23H24F3N3O.C2H4O2/c1-3-4-11-29(15-17-5-10-21(30)16(2)12-17)22-14-27-13-20(28-22)18-6-8-19(9-7-18)23(24,25)26;1-2(3)4/h5-10,12-14,30H,3-4,11,15H2,1-2H3;1H3,(H,3,4). The molecule has 0 aliphatic heterocycles. The molecule has 0 aliphatic rings. The fourth-order valence-electron chi connectivity index (χ4n) is 3.14. The molecule has 0 radical (unpaired) electrons. The van der Waals surface area contributed by atoms with E-state index in [-0.39, 0.29) is 5.75 Å². The van der Waals surface area contributed by atoms with E-state index in [1.165, 1.54) is 12.1 Å². The van der Waals surface area contributed by atoms with E-state index in [1.54, 1.807) is 18.5 Å². The third kappa shape index (κ3) is 8.06. The molecule has 0 unspecified atom stereocenters. The number of phenolic OH excluding ortho intramolecular Hbond substituents is 1. The third-order valence-electron chi connectivity index (χ3n) is 4.87. The highest BCUT2D eigenvalue weighted by atomic mass is 19.4. The molecule has 34 heavy (non-hydrogen) atoms. The molecule has 3 aromatic rings. The van der Waals surface area contributed by atoms with Crippen LogP contribution in [0.4, 0.5) is 19.0 Å². The lowest BCUT2D eigenvalue weighted by atomic mass is 10.1. The minimum Gasteiger partial charge on any atom is -0.508 e. The van der Waals surface area contributed by atoms with E-state index < -0.39 is 17.7 Å². The van der Waals surface area contributed by atoms with Crippen LogP contribution in [0.1, 0.15) is 43.4 Å². The Morgan fingerprint density at radius 1 is 1.09 bits per heavy atom. The van der Waals surface area contributed by atoms with Gasteiger partial charge in [-0.25, -0.2) is 4.98 Å². The summed E-state index contributed by atoms with van der Waals surface area (Å²) in [4.78, 5) is 20.0. The van der Waals surface area contributed by atoms with Gasteiger partial charge in [0.1, 0.15) is 11.6 Å². The minimum absolute atomic E-state index is 0.253. The Morgan fingerprint density at radius 2 is 1.74 bits per heavy atom.